The first-order valence-electron chi connectivity index (χ1n) is 23.7. The van der Waals surface area contributed by atoms with Crippen LogP contribution in [0.3, 0.4) is 0 Å². The zero-order valence-corrected chi connectivity index (χ0v) is 41.3. The Bertz CT molecular complexity index is 3220. The molecule has 8 aromatic rings. The molecule has 66 heavy (non-hydrogen) atoms. The third kappa shape index (κ3) is 7.83. The summed E-state index contributed by atoms with van der Waals surface area (Å²) in [6.07, 6.45) is 4.96. The van der Waals surface area contributed by atoms with Crippen LogP contribution in [-0.4, -0.2) is 30.0 Å². The largest absolute Gasteiger partial charge is 0.455 e. The Labute approximate surface area is 391 Å². The molecular formula is C60H64FN3OSi+2. The summed E-state index contributed by atoms with van der Waals surface area (Å²) in [4.78, 5) is 0. The zero-order valence-electron chi connectivity index (χ0n) is 40.3. The van der Waals surface area contributed by atoms with E-state index in [2.05, 4.69) is 185 Å². The van der Waals surface area contributed by atoms with Crippen LogP contribution in [0.4, 0.5) is 4.39 Å². The van der Waals surface area contributed by atoms with Gasteiger partial charge in [-0.25, -0.2) is 8.97 Å². The fourth-order valence-electron chi connectivity index (χ4n) is 10.6. The Kier molecular flexibility index (Phi) is 11.8. The third-order valence-corrected chi connectivity index (χ3v) is 16.5. The van der Waals surface area contributed by atoms with Crippen LogP contribution >= 0.6 is 0 Å². The van der Waals surface area contributed by atoms with Crippen molar-refractivity contribution in [2.45, 2.75) is 98.3 Å². The minimum absolute atomic E-state index is 0.0478. The highest BCUT2D eigenvalue weighted by Gasteiger charge is 2.44. The molecule has 3 heterocycles. The standard InChI is InChI=1S/C60H64FN3OSi/c1-13-47(66(10,11)12)36-62(9)57-40(8)63-53-21-17-18-22-54(53)64(58-51(38(4)5)33-45(34-52(58)39(6)7)41-19-15-14-16-20-41)60(63)56-43(25-30-48(57)37(2)3)26-32-50-49-31-27-44(35-55(49)65-59(50)56)42-23-28-46(61)29-24-42/h14-24,26-29,31-36,38-39,48,57H,2,8-9,13,25,30H2,1,3-7,10-12H3/q+2/b47-36+. The molecule has 1 aliphatic heterocycles. The number of halogens is 1. The molecule has 0 aliphatic carbocycles. The van der Waals surface area contributed by atoms with Crippen LogP contribution in [0.15, 0.2) is 156 Å². The first-order valence-corrected chi connectivity index (χ1v) is 27.2. The maximum absolute atomic E-state index is 14.1. The highest BCUT2D eigenvalue weighted by atomic mass is 28.3. The number of hydrogen-bond acceptors (Lipinski definition) is 1. The van der Waals surface area contributed by atoms with E-state index in [9.17, 15) is 4.39 Å². The highest BCUT2D eigenvalue weighted by Crippen LogP contribution is 2.46. The minimum atomic E-state index is -1.68. The van der Waals surface area contributed by atoms with Gasteiger partial charge in [0.25, 0.3) is 0 Å². The summed E-state index contributed by atoms with van der Waals surface area (Å²) in [5.74, 6) is 1.20. The summed E-state index contributed by atoms with van der Waals surface area (Å²) in [5, 5.41) is 3.55. The molecule has 4 nitrogen and oxygen atoms in total. The number of para-hydroxylation sites is 2. The van der Waals surface area contributed by atoms with Crippen LogP contribution in [-0.2, 0) is 6.42 Å². The molecule has 9 rings (SSSR count). The average molecular weight is 890 g/mol. The molecule has 0 radical (unpaired) electrons. The first-order chi connectivity index (χ1) is 31.6. The SMILES string of the molecule is C=C(C)C1CCc2ccc3c(oc4cc(-c5ccc(F)cc5)ccc43)c2-c2n(-c3c(C(C)C)cc(-c4ccccc4)cc3C(C)C)c3ccccc3[n+]2C(=C)C1[N+](=C)/C=C(\CC)[Si](C)(C)C. The Morgan fingerprint density at radius 1 is 0.818 bits per heavy atom. The van der Waals surface area contributed by atoms with E-state index in [-0.39, 0.29) is 29.6 Å². The summed E-state index contributed by atoms with van der Waals surface area (Å²) in [7, 11) is -1.68. The summed E-state index contributed by atoms with van der Waals surface area (Å²) in [6, 6.07) is 41.9. The third-order valence-electron chi connectivity index (χ3n) is 14.1. The minimum Gasteiger partial charge on any atom is -0.455 e. The number of hydrogen-bond donors (Lipinski definition) is 0. The molecule has 0 spiro atoms. The summed E-state index contributed by atoms with van der Waals surface area (Å²) in [6.45, 7) is 35.7. The molecule has 0 amide bonds. The Hall–Kier alpha value is -6.37. The van der Waals surface area contributed by atoms with Crippen molar-refractivity contribution >= 4 is 53.5 Å². The maximum Gasteiger partial charge on any atom is 0.304 e. The lowest BCUT2D eigenvalue weighted by molar-refractivity contribution is -0.582. The van der Waals surface area contributed by atoms with Crippen molar-refractivity contribution in [2.75, 3.05) is 0 Å². The van der Waals surface area contributed by atoms with Crippen LogP contribution < -0.4 is 4.57 Å². The number of allylic oxidation sites excluding steroid dienone is 1. The van der Waals surface area contributed by atoms with Crippen LogP contribution in [0.2, 0.25) is 19.6 Å². The molecule has 6 aromatic carbocycles. The molecule has 334 valence electrons. The van der Waals surface area contributed by atoms with Crippen LogP contribution in [0.5, 0.6) is 0 Å². The van der Waals surface area contributed by atoms with Gasteiger partial charge in [-0.3, -0.25) is 0 Å². The number of benzene rings is 6. The normalized spacial score (nSPS) is 15.9. The predicted octanol–water partition coefficient (Wildman–Crippen LogP) is 16.1. The second kappa shape index (κ2) is 17.5. The summed E-state index contributed by atoms with van der Waals surface area (Å²) < 4.78 is 28.6. The average Bonchev–Trinajstić information content (AvgIpc) is 3.84. The van der Waals surface area contributed by atoms with Crippen molar-refractivity contribution in [3.8, 4) is 39.3 Å². The number of nitrogens with zero attached hydrogens (tertiary/aromatic N) is 3. The monoisotopic (exact) mass is 889 g/mol. The van der Waals surface area contributed by atoms with E-state index in [1.807, 2.05) is 12.1 Å². The second-order valence-corrected chi connectivity index (χ2v) is 25.3. The van der Waals surface area contributed by atoms with E-state index in [1.165, 1.54) is 50.8 Å². The smallest absolute Gasteiger partial charge is 0.304 e. The fraction of sp³-hybridized carbons (Fsp3) is 0.267. The summed E-state index contributed by atoms with van der Waals surface area (Å²) >= 11 is 0. The van der Waals surface area contributed by atoms with Gasteiger partial charge in [0.15, 0.2) is 28.5 Å². The van der Waals surface area contributed by atoms with E-state index >= 15 is 0 Å². The van der Waals surface area contributed by atoms with E-state index in [0.29, 0.717) is 0 Å². The first kappa shape index (κ1) is 44.8. The predicted molar refractivity (Wildman–Crippen MR) is 280 cm³/mol. The van der Waals surface area contributed by atoms with Gasteiger partial charge in [0.2, 0.25) is 6.04 Å². The topological polar surface area (TPSA) is 25.0 Å². The number of aromatic nitrogens is 2. The second-order valence-electron chi connectivity index (χ2n) is 20.2. The van der Waals surface area contributed by atoms with Crippen molar-refractivity contribution in [3.05, 3.63) is 174 Å². The lowest BCUT2D eigenvalue weighted by atomic mass is 9.85. The number of rotatable bonds is 10. The Balaban J connectivity index is 1.44. The molecule has 0 N–H and O–H groups in total. The number of fused-ring (bicyclic) bond motifs is 9. The van der Waals surface area contributed by atoms with Crippen molar-refractivity contribution in [1.29, 1.82) is 0 Å². The molecule has 0 bridgehead atoms. The van der Waals surface area contributed by atoms with Gasteiger partial charge in [-0.1, -0.05) is 139 Å². The Morgan fingerprint density at radius 2 is 1.44 bits per heavy atom. The van der Waals surface area contributed by atoms with Gasteiger partial charge in [0, 0.05) is 21.9 Å². The molecule has 0 saturated carbocycles. The van der Waals surface area contributed by atoms with Gasteiger partial charge < -0.3 is 4.42 Å². The van der Waals surface area contributed by atoms with Gasteiger partial charge in [-0.15, -0.1) is 0 Å². The van der Waals surface area contributed by atoms with Crippen LogP contribution in [0, 0.1) is 11.7 Å². The van der Waals surface area contributed by atoms with Gasteiger partial charge in [-0.05, 0) is 126 Å². The molecule has 2 atom stereocenters. The van der Waals surface area contributed by atoms with Gasteiger partial charge in [0.05, 0.1) is 14.0 Å². The van der Waals surface area contributed by atoms with Crippen molar-refractivity contribution < 1.29 is 18.0 Å². The lowest BCUT2D eigenvalue weighted by Crippen LogP contribution is -2.46. The van der Waals surface area contributed by atoms with Crippen LogP contribution in [0.25, 0.3) is 78.0 Å². The maximum atomic E-state index is 14.1. The van der Waals surface area contributed by atoms with E-state index in [4.69, 9.17) is 17.7 Å². The number of imidazole rings is 1. The Morgan fingerprint density at radius 3 is 2.08 bits per heavy atom. The molecule has 2 unspecified atom stereocenters. The fourth-order valence-corrected chi connectivity index (χ4v) is 12.2. The quantitative estimate of drug-likeness (QED) is 0.0581. The molecule has 1 aliphatic rings. The highest BCUT2D eigenvalue weighted by molar-refractivity contribution is 6.83. The van der Waals surface area contributed by atoms with Crippen molar-refractivity contribution in [1.82, 2.24) is 4.57 Å². The lowest BCUT2D eigenvalue weighted by Gasteiger charge is -2.25. The van der Waals surface area contributed by atoms with Crippen molar-refractivity contribution in [3.63, 3.8) is 0 Å². The van der Waals surface area contributed by atoms with Crippen molar-refractivity contribution in [2.24, 2.45) is 5.92 Å². The van der Waals surface area contributed by atoms with E-state index < -0.39 is 8.07 Å². The molecule has 2 aromatic heterocycles. The number of furan rings is 1. The van der Waals surface area contributed by atoms with E-state index in [1.54, 1.807) is 0 Å². The number of aryl methyl sites for hydroxylation is 1. The van der Waals surface area contributed by atoms with E-state index in [0.717, 1.165) is 86.0 Å². The molecular weight excluding hydrogens is 826 g/mol. The van der Waals surface area contributed by atoms with Gasteiger partial charge >= 0.3 is 5.82 Å². The molecule has 0 fully saturated rings. The zero-order chi connectivity index (χ0) is 46.8. The van der Waals surface area contributed by atoms with Gasteiger partial charge in [0.1, 0.15) is 29.4 Å². The molecule has 0 saturated heterocycles. The molecule has 6 heteroatoms. The summed E-state index contributed by atoms with van der Waals surface area (Å²) in [5.41, 5.74) is 16.2. The van der Waals surface area contributed by atoms with Crippen LogP contribution in [0.1, 0.15) is 82.9 Å². The van der Waals surface area contributed by atoms with Gasteiger partial charge in [-0.2, -0.15) is 9.13 Å².